The molecule has 9 nitrogen and oxygen atoms in total. The topological polar surface area (TPSA) is 137 Å². The molecule has 5 atom stereocenters. The highest BCUT2D eigenvalue weighted by Crippen LogP contribution is 2.29. The Morgan fingerprint density at radius 2 is 1.80 bits per heavy atom. The van der Waals surface area contributed by atoms with E-state index >= 15 is 0 Å². The number of benzene rings is 1. The highest BCUT2D eigenvalue weighted by atomic mass is 16.7. The summed E-state index contributed by atoms with van der Waals surface area (Å²) < 4.78 is 17.0. The number of nitrogens with zero attached hydrogens (tertiary/aromatic N) is 1. The van der Waals surface area contributed by atoms with Crippen molar-refractivity contribution in [3.8, 4) is 11.6 Å². The maximum absolute atomic E-state index is 10.2. The molecule has 1 aromatic heterocycles. The van der Waals surface area contributed by atoms with Crippen LogP contribution in [0.3, 0.4) is 0 Å². The molecule has 1 saturated heterocycles. The van der Waals surface area contributed by atoms with Gasteiger partial charge in [0, 0.05) is 17.7 Å². The first-order chi connectivity index (χ1) is 14.5. The van der Waals surface area contributed by atoms with Crippen molar-refractivity contribution < 1.29 is 34.6 Å². The van der Waals surface area contributed by atoms with Gasteiger partial charge in [0.2, 0.25) is 12.2 Å². The van der Waals surface area contributed by atoms with Crippen LogP contribution in [0.4, 0.5) is 0 Å². The van der Waals surface area contributed by atoms with Crippen LogP contribution in [0.5, 0.6) is 11.6 Å². The summed E-state index contributed by atoms with van der Waals surface area (Å²) in [7, 11) is 0. The summed E-state index contributed by atoms with van der Waals surface area (Å²) in [4.78, 5) is 0. The Hall–Kier alpha value is -2.17. The third-order valence-electron chi connectivity index (χ3n) is 5.77. The van der Waals surface area contributed by atoms with Crippen LogP contribution in [0.1, 0.15) is 36.1 Å². The molecule has 9 heteroatoms. The molecular weight excluding hydrogens is 392 g/mol. The molecule has 0 spiro atoms. The highest BCUT2D eigenvalue weighted by molar-refractivity contribution is 5.37. The second-order valence-electron chi connectivity index (χ2n) is 7.94. The van der Waals surface area contributed by atoms with Crippen LogP contribution >= 0.6 is 0 Å². The average molecular weight is 420 g/mol. The van der Waals surface area contributed by atoms with E-state index in [-0.39, 0.29) is 5.88 Å². The minimum Gasteiger partial charge on any atom is -0.490 e. The number of hydrogen-bond donors (Lipinski definition) is 5. The maximum atomic E-state index is 10.2. The second-order valence-corrected chi connectivity index (χ2v) is 7.94. The predicted octanol–water partition coefficient (Wildman–Crippen LogP) is 0.419. The highest BCUT2D eigenvalue weighted by Gasteiger charge is 2.45. The molecule has 0 unspecified atom stereocenters. The molecule has 2 aliphatic rings. The maximum Gasteiger partial charge on any atom is 0.238 e. The molecule has 2 heterocycles. The van der Waals surface area contributed by atoms with Crippen LogP contribution in [0.2, 0.25) is 0 Å². The van der Waals surface area contributed by atoms with Gasteiger partial charge in [0.15, 0.2) is 0 Å². The van der Waals surface area contributed by atoms with Crippen molar-refractivity contribution in [2.24, 2.45) is 0 Å². The Morgan fingerprint density at radius 1 is 1.07 bits per heavy atom. The van der Waals surface area contributed by atoms with Gasteiger partial charge in [0.05, 0.1) is 12.7 Å². The number of aryl methyl sites for hydroxylation is 1. The lowest BCUT2D eigenvalue weighted by Gasteiger charge is -2.39. The number of aliphatic hydroxyl groups is 4. The van der Waals surface area contributed by atoms with Gasteiger partial charge in [-0.15, -0.1) is 5.10 Å². The molecule has 1 saturated carbocycles. The molecule has 0 radical (unpaired) electrons. The number of nitrogens with one attached hydrogen (secondary N) is 1. The molecule has 0 bridgehead atoms. The fourth-order valence-electron chi connectivity index (χ4n) is 3.58. The largest absolute Gasteiger partial charge is 0.490 e. The van der Waals surface area contributed by atoms with Crippen molar-refractivity contribution in [3.05, 3.63) is 41.1 Å². The van der Waals surface area contributed by atoms with E-state index in [2.05, 4.69) is 10.2 Å². The first kappa shape index (κ1) is 21.1. The number of ether oxygens (including phenoxy) is 3. The smallest absolute Gasteiger partial charge is 0.238 e. The number of hydrogen-bond acceptors (Lipinski definition) is 8. The van der Waals surface area contributed by atoms with Crippen molar-refractivity contribution in [1.29, 1.82) is 0 Å². The quantitative estimate of drug-likeness (QED) is 0.435. The van der Waals surface area contributed by atoms with E-state index < -0.39 is 37.3 Å². The van der Waals surface area contributed by atoms with Crippen LogP contribution in [0, 0.1) is 6.92 Å². The summed E-state index contributed by atoms with van der Waals surface area (Å²) in [6.45, 7) is 1.34. The third kappa shape index (κ3) is 4.30. The Kier molecular flexibility index (Phi) is 6.26. The van der Waals surface area contributed by atoms with Crippen LogP contribution < -0.4 is 9.47 Å². The lowest BCUT2D eigenvalue weighted by atomic mass is 9.96. The molecule has 1 aromatic carbocycles. The predicted molar refractivity (Wildman–Crippen MR) is 105 cm³/mol. The zero-order chi connectivity index (χ0) is 21.3. The summed E-state index contributed by atoms with van der Waals surface area (Å²) in [6.07, 6.45) is -2.47. The van der Waals surface area contributed by atoms with Crippen molar-refractivity contribution >= 4 is 0 Å². The first-order valence-corrected chi connectivity index (χ1v) is 10.2. The monoisotopic (exact) mass is 420 g/mol. The lowest BCUT2D eigenvalue weighted by Crippen LogP contribution is -2.60. The van der Waals surface area contributed by atoms with Gasteiger partial charge in [-0.05, 0) is 43.9 Å². The molecule has 4 rings (SSSR count). The minimum absolute atomic E-state index is 0.228. The van der Waals surface area contributed by atoms with E-state index in [1.54, 1.807) is 0 Å². The molecule has 30 heavy (non-hydrogen) atoms. The number of aromatic nitrogens is 2. The summed E-state index contributed by atoms with van der Waals surface area (Å²) in [5.74, 6) is 1.08. The molecule has 2 aromatic rings. The number of aliphatic hydroxyl groups excluding tert-OH is 4. The van der Waals surface area contributed by atoms with Crippen LogP contribution in [0.25, 0.3) is 0 Å². The van der Waals surface area contributed by atoms with Crippen LogP contribution in [-0.4, -0.2) is 74.0 Å². The standard InChI is InChI=1S/C21H28N2O7/c1-11-15(9-12-5-7-14(8-6-12)28-13-3-2-4-13)20(23-22-11)30-21-19(27)18(26)17(25)16(10-24)29-21/h5-8,13,16-19,21,24-27H,2-4,9-10H2,1H3,(H,22,23)/t16-,17-,18+,19-,21+/m1/s1. The van der Waals surface area contributed by atoms with Gasteiger partial charge in [-0.25, -0.2) is 0 Å². The van der Waals surface area contributed by atoms with Gasteiger partial charge in [-0.2, -0.15) is 0 Å². The summed E-state index contributed by atoms with van der Waals surface area (Å²) >= 11 is 0. The van der Waals surface area contributed by atoms with Gasteiger partial charge < -0.3 is 34.6 Å². The summed E-state index contributed by atoms with van der Waals surface area (Å²) in [6, 6.07) is 7.86. The fraction of sp³-hybridized carbons (Fsp3) is 0.571. The lowest BCUT2D eigenvalue weighted by molar-refractivity contribution is -0.278. The Labute approximate surface area is 174 Å². The van der Waals surface area contributed by atoms with Crippen molar-refractivity contribution in [2.75, 3.05) is 6.61 Å². The van der Waals surface area contributed by atoms with E-state index in [1.807, 2.05) is 31.2 Å². The van der Waals surface area contributed by atoms with Gasteiger partial charge in [0.25, 0.3) is 0 Å². The van der Waals surface area contributed by atoms with E-state index in [4.69, 9.17) is 14.2 Å². The Morgan fingerprint density at radius 3 is 2.43 bits per heavy atom. The molecule has 1 aliphatic carbocycles. The second kappa shape index (κ2) is 8.91. The van der Waals surface area contributed by atoms with Gasteiger partial charge in [-0.3, -0.25) is 5.10 Å². The molecule has 0 amide bonds. The summed E-state index contributed by atoms with van der Waals surface area (Å²) in [5.41, 5.74) is 2.60. The number of aromatic amines is 1. The van der Waals surface area contributed by atoms with Gasteiger partial charge in [0.1, 0.15) is 30.2 Å². The van der Waals surface area contributed by atoms with Gasteiger partial charge in [-0.1, -0.05) is 12.1 Å². The summed E-state index contributed by atoms with van der Waals surface area (Å²) in [5, 5.41) is 46.4. The third-order valence-corrected chi connectivity index (χ3v) is 5.77. The van der Waals surface area contributed by atoms with E-state index in [0.29, 0.717) is 12.5 Å². The minimum atomic E-state index is -1.51. The average Bonchev–Trinajstić information content (AvgIpc) is 3.05. The molecular formula is C21H28N2O7. The normalized spacial score (nSPS) is 29.4. The molecule has 164 valence electrons. The van der Waals surface area contributed by atoms with Crippen molar-refractivity contribution in [2.45, 2.75) is 69.4 Å². The van der Waals surface area contributed by atoms with E-state index in [9.17, 15) is 20.4 Å². The van der Waals surface area contributed by atoms with Crippen LogP contribution in [-0.2, 0) is 11.2 Å². The number of rotatable bonds is 7. The number of H-pyrrole nitrogens is 1. The zero-order valence-electron chi connectivity index (χ0n) is 16.8. The van der Waals surface area contributed by atoms with Crippen molar-refractivity contribution in [3.63, 3.8) is 0 Å². The molecule has 1 aliphatic heterocycles. The van der Waals surface area contributed by atoms with Crippen molar-refractivity contribution in [1.82, 2.24) is 10.2 Å². The van der Waals surface area contributed by atoms with E-state index in [1.165, 1.54) is 6.42 Å². The van der Waals surface area contributed by atoms with Gasteiger partial charge >= 0.3 is 0 Å². The fourth-order valence-corrected chi connectivity index (χ4v) is 3.58. The van der Waals surface area contributed by atoms with Crippen LogP contribution in [0.15, 0.2) is 24.3 Å². The van der Waals surface area contributed by atoms with E-state index in [0.717, 1.165) is 35.4 Å². The SMILES string of the molecule is Cc1[nH]nc(O[C@@H]2O[C@H](CO)[C@@H](O)[C@H](O)[C@H]2O)c1Cc1ccc(OC2CCC2)cc1. The first-order valence-electron chi connectivity index (χ1n) is 10.2. The molecule has 2 fully saturated rings. The Bertz CT molecular complexity index is 834. The zero-order valence-corrected chi connectivity index (χ0v) is 16.8. The molecule has 5 N–H and O–H groups in total. The Balaban J connectivity index is 1.45.